The molecule has 3 aromatic rings. The predicted octanol–water partition coefficient (Wildman–Crippen LogP) is 4.53. The number of aryl methyl sites for hydroxylation is 1. The molecule has 1 amide bonds. The fourth-order valence-corrected chi connectivity index (χ4v) is 4.33. The van der Waals surface area contributed by atoms with Crippen LogP contribution in [0.25, 0.3) is 0 Å². The quantitative estimate of drug-likeness (QED) is 0.419. The van der Waals surface area contributed by atoms with Crippen LogP contribution in [0.15, 0.2) is 77.7 Å². The maximum absolute atomic E-state index is 12.4. The first-order valence-corrected chi connectivity index (χ1v) is 12.5. The Morgan fingerprint density at radius 3 is 2.29 bits per heavy atom. The molecule has 2 N–H and O–H groups in total. The Kier molecular flexibility index (Phi) is 8.67. The van der Waals surface area contributed by atoms with Gasteiger partial charge in [-0.25, -0.2) is 13.1 Å². The molecule has 0 aliphatic carbocycles. The number of rotatable bonds is 11. The van der Waals surface area contributed by atoms with Crippen LogP contribution in [0.2, 0.25) is 0 Å². The zero-order valence-corrected chi connectivity index (χ0v) is 20.4. The number of hydrogen-bond acceptors (Lipinski definition) is 5. The van der Waals surface area contributed by atoms with Gasteiger partial charge in [0.15, 0.2) is 6.61 Å². The van der Waals surface area contributed by atoms with Crippen LogP contribution >= 0.6 is 0 Å². The second-order valence-electron chi connectivity index (χ2n) is 8.31. The third kappa shape index (κ3) is 7.60. The molecule has 0 spiro atoms. The van der Waals surface area contributed by atoms with Crippen LogP contribution in [0.1, 0.15) is 25.0 Å². The first-order chi connectivity index (χ1) is 16.2. The summed E-state index contributed by atoms with van der Waals surface area (Å²) in [5.41, 5.74) is 2.32. The molecule has 0 heterocycles. The molecule has 0 aliphatic rings. The molecule has 3 rings (SSSR count). The highest BCUT2D eigenvalue weighted by Crippen LogP contribution is 2.22. The Balaban J connectivity index is 1.49. The van der Waals surface area contributed by atoms with E-state index in [1.54, 1.807) is 37.3 Å². The maximum atomic E-state index is 12.4. The minimum absolute atomic E-state index is 0.164. The molecule has 0 fully saturated rings. The molecular weight excluding hydrogens is 452 g/mol. The normalized spacial score (nSPS) is 11.3. The van der Waals surface area contributed by atoms with E-state index in [1.807, 2.05) is 44.2 Å². The van der Waals surface area contributed by atoms with Crippen LogP contribution in [0.4, 0.5) is 5.69 Å². The number of benzene rings is 3. The lowest BCUT2D eigenvalue weighted by Gasteiger charge is -2.13. The highest BCUT2D eigenvalue weighted by atomic mass is 32.2. The number of carbonyl (C=O) groups is 1. The van der Waals surface area contributed by atoms with Gasteiger partial charge in [0.25, 0.3) is 5.91 Å². The summed E-state index contributed by atoms with van der Waals surface area (Å²) in [6.45, 7) is 6.23. The Labute approximate surface area is 201 Å². The van der Waals surface area contributed by atoms with E-state index in [9.17, 15) is 13.2 Å². The molecule has 0 unspecified atom stereocenters. The molecule has 0 aliphatic heterocycles. The second kappa shape index (κ2) is 11.7. The molecule has 34 heavy (non-hydrogen) atoms. The maximum Gasteiger partial charge on any atom is 0.262 e. The standard InChI is InChI=1S/C26H30N2O5S/c1-19(2)16-27-34(30,31)24-13-14-25(20(3)15-24)33-18-26(29)28-22-9-11-23(12-10-22)32-17-21-7-5-4-6-8-21/h4-15,19,27H,16-18H2,1-3H3,(H,28,29). The number of carbonyl (C=O) groups excluding carboxylic acids is 1. The zero-order valence-electron chi connectivity index (χ0n) is 19.6. The third-order valence-corrected chi connectivity index (χ3v) is 6.30. The largest absolute Gasteiger partial charge is 0.489 e. The summed E-state index contributed by atoms with van der Waals surface area (Å²) in [5.74, 6) is 1.02. The molecule has 0 radical (unpaired) electrons. The van der Waals surface area contributed by atoms with Crippen LogP contribution in [0, 0.1) is 12.8 Å². The van der Waals surface area contributed by atoms with Crippen molar-refractivity contribution in [3.8, 4) is 11.5 Å². The number of amides is 1. The van der Waals surface area contributed by atoms with E-state index in [4.69, 9.17) is 9.47 Å². The Hall–Kier alpha value is -3.36. The van der Waals surface area contributed by atoms with E-state index < -0.39 is 10.0 Å². The zero-order chi connectivity index (χ0) is 24.6. The summed E-state index contributed by atoms with van der Waals surface area (Å²) in [7, 11) is -3.59. The molecule has 0 saturated heterocycles. The minimum atomic E-state index is -3.59. The molecule has 180 valence electrons. The van der Waals surface area contributed by atoms with E-state index in [0.29, 0.717) is 35.9 Å². The summed E-state index contributed by atoms with van der Waals surface area (Å²) < 4.78 is 38.7. The highest BCUT2D eigenvalue weighted by Gasteiger charge is 2.16. The molecule has 0 bridgehead atoms. The van der Waals surface area contributed by atoms with Crippen LogP contribution in [0.5, 0.6) is 11.5 Å². The van der Waals surface area contributed by atoms with Gasteiger partial charge in [-0.15, -0.1) is 0 Å². The second-order valence-corrected chi connectivity index (χ2v) is 10.1. The van der Waals surface area contributed by atoms with Gasteiger partial charge in [0, 0.05) is 12.2 Å². The van der Waals surface area contributed by atoms with Crippen molar-refractivity contribution < 1.29 is 22.7 Å². The van der Waals surface area contributed by atoms with Crippen LogP contribution in [0.3, 0.4) is 0 Å². The van der Waals surface area contributed by atoms with E-state index in [2.05, 4.69) is 10.0 Å². The van der Waals surface area contributed by atoms with Crippen molar-refractivity contribution in [2.45, 2.75) is 32.3 Å². The van der Waals surface area contributed by atoms with Gasteiger partial charge >= 0.3 is 0 Å². The van der Waals surface area contributed by atoms with Crippen LogP contribution < -0.4 is 19.5 Å². The van der Waals surface area contributed by atoms with E-state index in [-0.39, 0.29) is 23.3 Å². The highest BCUT2D eigenvalue weighted by molar-refractivity contribution is 7.89. The predicted molar refractivity (Wildman–Crippen MR) is 133 cm³/mol. The molecule has 7 nitrogen and oxygen atoms in total. The third-order valence-electron chi connectivity index (χ3n) is 4.88. The Morgan fingerprint density at radius 1 is 0.941 bits per heavy atom. The average Bonchev–Trinajstić information content (AvgIpc) is 2.82. The van der Waals surface area contributed by atoms with Crippen molar-refractivity contribution >= 4 is 21.6 Å². The summed E-state index contributed by atoms with van der Waals surface area (Å²) in [6, 6.07) is 21.5. The molecule has 0 saturated carbocycles. The first-order valence-electron chi connectivity index (χ1n) is 11.0. The number of sulfonamides is 1. The molecule has 0 atom stereocenters. The monoisotopic (exact) mass is 482 g/mol. The minimum Gasteiger partial charge on any atom is -0.489 e. The van der Waals surface area contributed by atoms with Gasteiger partial charge in [-0.05, 0) is 66.4 Å². The van der Waals surface area contributed by atoms with Crippen molar-refractivity contribution in [2.75, 3.05) is 18.5 Å². The summed E-state index contributed by atoms with van der Waals surface area (Å²) in [4.78, 5) is 12.5. The average molecular weight is 483 g/mol. The smallest absolute Gasteiger partial charge is 0.262 e. The van der Waals surface area contributed by atoms with Gasteiger partial charge in [-0.3, -0.25) is 4.79 Å². The van der Waals surface area contributed by atoms with Crippen molar-refractivity contribution in [1.82, 2.24) is 4.72 Å². The van der Waals surface area contributed by atoms with E-state index in [1.165, 1.54) is 12.1 Å². The summed E-state index contributed by atoms with van der Waals surface area (Å²) >= 11 is 0. The molecule has 3 aromatic carbocycles. The number of hydrogen-bond donors (Lipinski definition) is 2. The molecular formula is C26H30N2O5S. The number of anilines is 1. The van der Waals surface area contributed by atoms with E-state index >= 15 is 0 Å². The van der Waals surface area contributed by atoms with Crippen molar-refractivity contribution in [3.63, 3.8) is 0 Å². The van der Waals surface area contributed by atoms with Crippen LogP contribution in [-0.2, 0) is 21.4 Å². The Bertz CT molecular complexity index is 1190. The number of ether oxygens (including phenoxy) is 2. The van der Waals surface area contributed by atoms with Gasteiger partial charge in [0.05, 0.1) is 4.90 Å². The van der Waals surface area contributed by atoms with Gasteiger partial charge in [0.1, 0.15) is 18.1 Å². The van der Waals surface area contributed by atoms with Crippen molar-refractivity contribution in [1.29, 1.82) is 0 Å². The lowest BCUT2D eigenvalue weighted by Crippen LogP contribution is -2.27. The van der Waals surface area contributed by atoms with Crippen molar-refractivity contribution in [3.05, 3.63) is 83.9 Å². The molecule has 8 heteroatoms. The van der Waals surface area contributed by atoms with Gasteiger partial charge in [-0.2, -0.15) is 0 Å². The molecule has 0 aromatic heterocycles. The SMILES string of the molecule is Cc1cc(S(=O)(=O)NCC(C)C)ccc1OCC(=O)Nc1ccc(OCc2ccccc2)cc1. The fraction of sp³-hybridized carbons (Fsp3) is 0.269. The van der Waals surface area contributed by atoms with Gasteiger partial charge < -0.3 is 14.8 Å². The Morgan fingerprint density at radius 2 is 1.65 bits per heavy atom. The topological polar surface area (TPSA) is 93.7 Å². The lowest BCUT2D eigenvalue weighted by atomic mass is 10.2. The number of nitrogens with one attached hydrogen (secondary N) is 2. The summed E-state index contributed by atoms with van der Waals surface area (Å²) in [6.07, 6.45) is 0. The van der Waals surface area contributed by atoms with Crippen molar-refractivity contribution in [2.24, 2.45) is 5.92 Å². The first kappa shape index (κ1) is 25.3. The van der Waals surface area contributed by atoms with E-state index in [0.717, 1.165) is 5.56 Å². The summed E-state index contributed by atoms with van der Waals surface area (Å²) in [5, 5.41) is 2.77. The lowest BCUT2D eigenvalue weighted by molar-refractivity contribution is -0.118. The fourth-order valence-electron chi connectivity index (χ4n) is 3.03. The van der Waals surface area contributed by atoms with Crippen LogP contribution in [-0.4, -0.2) is 27.5 Å². The van der Waals surface area contributed by atoms with Gasteiger partial charge in [0.2, 0.25) is 10.0 Å². The van der Waals surface area contributed by atoms with Gasteiger partial charge in [-0.1, -0.05) is 44.2 Å².